The molecule has 5 nitrogen and oxygen atoms in total. The van der Waals surface area contributed by atoms with Gasteiger partial charge in [-0.25, -0.2) is 4.79 Å². The summed E-state index contributed by atoms with van der Waals surface area (Å²) < 4.78 is 5.26. The van der Waals surface area contributed by atoms with Crippen LogP contribution in [0, 0.1) is 6.92 Å². The summed E-state index contributed by atoms with van der Waals surface area (Å²) in [5.41, 5.74) is 3.18. The predicted octanol–water partition coefficient (Wildman–Crippen LogP) is 2.60. The second-order valence-electron chi connectivity index (χ2n) is 5.58. The lowest BCUT2D eigenvalue weighted by molar-refractivity contribution is -0.120. The number of nitrogens with one attached hydrogen (secondary N) is 1. The molecule has 0 radical (unpaired) electrons. The first-order chi connectivity index (χ1) is 11.5. The maximum absolute atomic E-state index is 12.0. The van der Waals surface area contributed by atoms with Crippen molar-refractivity contribution in [3.63, 3.8) is 0 Å². The van der Waals surface area contributed by atoms with Crippen molar-refractivity contribution in [2.24, 2.45) is 0 Å². The largest absolute Gasteiger partial charge is 0.496 e. The number of carboxylic acid groups (broad SMARTS) is 1. The van der Waals surface area contributed by atoms with Gasteiger partial charge in [0.15, 0.2) is 0 Å². The molecule has 1 amide bonds. The van der Waals surface area contributed by atoms with Crippen LogP contribution in [0.1, 0.15) is 27.0 Å². The number of rotatable bonds is 7. The molecule has 24 heavy (non-hydrogen) atoms. The molecule has 0 spiro atoms. The van der Waals surface area contributed by atoms with Crippen LogP contribution in [-0.2, 0) is 17.6 Å². The molecule has 126 valence electrons. The van der Waals surface area contributed by atoms with Crippen LogP contribution in [-0.4, -0.2) is 30.6 Å². The Bertz CT molecular complexity index is 723. The van der Waals surface area contributed by atoms with E-state index in [1.54, 1.807) is 31.4 Å². The average molecular weight is 327 g/mol. The van der Waals surface area contributed by atoms with Gasteiger partial charge in [-0.2, -0.15) is 0 Å². The number of ether oxygens (including phenoxy) is 1. The summed E-state index contributed by atoms with van der Waals surface area (Å²) in [6.07, 6.45) is 0.956. The Kier molecular flexibility index (Phi) is 5.95. The standard InChI is InChI=1S/C19H21NO4/c1-13-3-4-15(11-17(13)24-2)12-18(21)20-10-9-14-5-7-16(8-6-14)19(22)23/h3-8,11H,9-10,12H2,1-2H3,(H,20,21)(H,22,23). The van der Waals surface area contributed by atoms with Gasteiger partial charge in [-0.15, -0.1) is 0 Å². The third-order valence-electron chi connectivity index (χ3n) is 3.77. The van der Waals surface area contributed by atoms with Crippen LogP contribution in [0.4, 0.5) is 0 Å². The van der Waals surface area contributed by atoms with Crippen LogP contribution in [0.25, 0.3) is 0 Å². The number of aromatic carboxylic acids is 1. The lowest BCUT2D eigenvalue weighted by atomic mass is 10.1. The molecule has 2 aromatic carbocycles. The normalized spacial score (nSPS) is 10.2. The van der Waals surface area contributed by atoms with E-state index in [1.807, 2.05) is 25.1 Å². The molecule has 2 rings (SSSR count). The molecule has 5 heteroatoms. The minimum Gasteiger partial charge on any atom is -0.496 e. The van der Waals surface area contributed by atoms with E-state index in [9.17, 15) is 9.59 Å². The Hall–Kier alpha value is -2.82. The Morgan fingerprint density at radius 2 is 1.75 bits per heavy atom. The van der Waals surface area contributed by atoms with Gasteiger partial charge in [0.2, 0.25) is 5.91 Å². The van der Waals surface area contributed by atoms with Gasteiger partial charge in [-0.1, -0.05) is 24.3 Å². The van der Waals surface area contributed by atoms with Crippen LogP contribution >= 0.6 is 0 Å². The van der Waals surface area contributed by atoms with E-state index < -0.39 is 5.97 Å². The first kappa shape index (κ1) is 17.5. The molecular formula is C19H21NO4. The molecule has 0 saturated carbocycles. The number of benzene rings is 2. The number of aryl methyl sites for hydroxylation is 1. The topological polar surface area (TPSA) is 75.6 Å². The van der Waals surface area contributed by atoms with Crippen LogP contribution < -0.4 is 10.1 Å². The fraction of sp³-hybridized carbons (Fsp3) is 0.263. The fourth-order valence-corrected chi connectivity index (χ4v) is 2.38. The SMILES string of the molecule is COc1cc(CC(=O)NCCc2ccc(C(=O)O)cc2)ccc1C. The third kappa shape index (κ3) is 4.84. The van der Waals surface area contributed by atoms with Gasteiger partial charge in [-0.05, 0) is 48.2 Å². The summed E-state index contributed by atoms with van der Waals surface area (Å²) in [6.45, 7) is 2.46. The highest BCUT2D eigenvalue weighted by Gasteiger charge is 2.06. The molecule has 0 unspecified atom stereocenters. The highest BCUT2D eigenvalue weighted by Crippen LogP contribution is 2.19. The second kappa shape index (κ2) is 8.15. The number of carbonyl (C=O) groups is 2. The van der Waals surface area contributed by atoms with Crippen LogP contribution in [0.5, 0.6) is 5.75 Å². The van der Waals surface area contributed by atoms with Crippen LogP contribution in [0.2, 0.25) is 0 Å². The zero-order valence-electron chi connectivity index (χ0n) is 13.8. The summed E-state index contributed by atoms with van der Waals surface area (Å²) in [6, 6.07) is 12.4. The lowest BCUT2D eigenvalue weighted by Gasteiger charge is -2.09. The highest BCUT2D eigenvalue weighted by atomic mass is 16.5. The van der Waals surface area contributed by atoms with Crippen molar-refractivity contribution >= 4 is 11.9 Å². The van der Waals surface area contributed by atoms with Gasteiger partial charge in [-0.3, -0.25) is 4.79 Å². The molecule has 2 N–H and O–H groups in total. The van der Waals surface area contributed by atoms with Gasteiger partial charge < -0.3 is 15.2 Å². The second-order valence-corrected chi connectivity index (χ2v) is 5.58. The smallest absolute Gasteiger partial charge is 0.335 e. The van der Waals surface area contributed by atoms with E-state index in [-0.39, 0.29) is 11.5 Å². The molecule has 0 atom stereocenters. The monoisotopic (exact) mass is 327 g/mol. The molecule has 0 aliphatic carbocycles. The molecule has 0 aliphatic heterocycles. The minimum absolute atomic E-state index is 0.0527. The first-order valence-corrected chi connectivity index (χ1v) is 7.72. The average Bonchev–Trinajstić information content (AvgIpc) is 2.57. The Morgan fingerprint density at radius 3 is 2.38 bits per heavy atom. The zero-order valence-corrected chi connectivity index (χ0v) is 13.8. The van der Waals surface area contributed by atoms with E-state index in [0.29, 0.717) is 19.4 Å². The van der Waals surface area contributed by atoms with E-state index >= 15 is 0 Å². The predicted molar refractivity (Wildman–Crippen MR) is 91.6 cm³/mol. The first-order valence-electron chi connectivity index (χ1n) is 7.72. The number of hydrogen-bond acceptors (Lipinski definition) is 3. The minimum atomic E-state index is -0.941. The summed E-state index contributed by atoms with van der Waals surface area (Å²) in [7, 11) is 1.61. The Labute approximate surface area is 141 Å². The molecule has 2 aromatic rings. The quantitative estimate of drug-likeness (QED) is 0.819. The van der Waals surface area contributed by atoms with Crippen molar-refractivity contribution in [1.29, 1.82) is 0 Å². The fourth-order valence-electron chi connectivity index (χ4n) is 2.38. The molecule has 0 aromatic heterocycles. The molecule has 0 aliphatic rings. The van der Waals surface area contributed by atoms with Crippen LogP contribution in [0.3, 0.4) is 0 Å². The van der Waals surface area contributed by atoms with E-state index in [2.05, 4.69) is 5.32 Å². The molecule has 0 bridgehead atoms. The van der Waals surface area contributed by atoms with Gasteiger partial charge >= 0.3 is 5.97 Å². The number of amides is 1. The van der Waals surface area contributed by atoms with Crippen molar-refractivity contribution in [1.82, 2.24) is 5.32 Å². The van der Waals surface area contributed by atoms with Gasteiger partial charge in [0, 0.05) is 6.54 Å². The maximum Gasteiger partial charge on any atom is 0.335 e. The number of carbonyl (C=O) groups excluding carboxylic acids is 1. The lowest BCUT2D eigenvalue weighted by Crippen LogP contribution is -2.27. The summed E-state index contributed by atoms with van der Waals surface area (Å²) in [5.74, 6) is -0.217. The van der Waals surface area contributed by atoms with E-state index in [1.165, 1.54) is 0 Å². The highest BCUT2D eigenvalue weighted by molar-refractivity contribution is 5.87. The van der Waals surface area contributed by atoms with Crippen molar-refractivity contribution in [3.8, 4) is 5.75 Å². The van der Waals surface area contributed by atoms with Gasteiger partial charge in [0.1, 0.15) is 5.75 Å². The van der Waals surface area contributed by atoms with Gasteiger partial charge in [0.05, 0.1) is 19.1 Å². The molecule has 0 heterocycles. The number of carboxylic acids is 1. The van der Waals surface area contributed by atoms with Crippen molar-refractivity contribution < 1.29 is 19.4 Å². The molecule has 0 saturated heterocycles. The Balaban J connectivity index is 1.82. The van der Waals surface area contributed by atoms with E-state index in [4.69, 9.17) is 9.84 Å². The third-order valence-corrected chi connectivity index (χ3v) is 3.77. The number of hydrogen-bond donors (Lipinski definition) is 2. The molecule has 0 fully saturated rings. The summed E-state index contributed by atoms with van der Waals surface area (Å²) >= 11 is 0. The van der Waals surface area contributed by atoms with Crippen LogP contribution in [0.15, 0.2) is 42.5 Å². The number of methoxy groups -OCH3 is 1. The zero-order chi connectivity index (χ0) is 17.5. The van der Waals surface area contributed by atoms with Crippen molar-refractivity contribution in [3.05, 3.63) is 64.7 Å². The maximum atomic E-state index is 12.0. The van der Waals surface area contributed by atoms with Crippen molar-refractivity contribution in [2.75, 3.05) is 13.7 Å². The summed E-state index contributed by atoms with van der Waals surface area (Å²) in [4.78, 5) is 22.8. The Morgan fingerprint density at radius 1 is 1.08 bits per heavy atom. The van der Waals surface area contributed by atoms with Gasteiger partial charge in [0.25, 0.3) is 0 Å². The van der Waals surface area contributed by atoms with E-state index in [0.717, 1.165) is 22.4 Å². The summed E-state index contributed by atoms with van der Waals surface area (Å²) in [5, 5.41) is 11.7. The van der Waals surface area contributed by atoms with Crippen molar-refractivity contribution in [2.45, 2.75) is 19.8 Å². The molecular weight excluding hydrogens is 306 g/mol.